The topological polar surface area (TPSA) is 34.0 Å². The van der Waals surface area contributed by atoms with E-state index in [9.17, 15) is 0 Å². The molecule has 3 heteroatoms. The predicted molar refractivity (Wildman–Crippen MR) is 74.1 cm³/mol. The molecule has 3 nitrogen and oxygen atoms in total. The second-order valence-electron chi connectivity index (χ2n) is 3.91. The summed E-state index contributed by atoms with van der Waals surface area (Å²) in [6.45, 7) is 0.705. The third kappa shape index (κ3) is 2.15. The molecule has 1 aromatic rings. The Morgan fingerprint density at radius 3 is 2.39 bits per heavy atom. The van der Waals surface area contributed by atoms with Crippen molar-refractivity contribution in [2.24, 2.45) is 9.98 Å². The standard InChI is InChI=1S/C9H8O.C6H4N2/c1-2-6-9-8(4-1)5-3-7-10-9;1-3-7-6-2-4-8-5(1)6/h1-6H,7H2;1-4H. The maximum atomic E-state index is 5.34. The SMILES string of the molecule is C1=Cc2ccccc2OC1.C1=NC2=CC=NC2=C1. The van der Waals surface area contributed by atoms with Crippen molar-refractivity contribution in [2.75, 3.05) is 6.61 Å². The highest BCUT2D eigenvalue weighted by atomic mass is 16.5. The maximum absolute atomic E-state index is 5.34. The fourth-order valence-corrected chi connectivity index (χ4v) is 1.83. The minimum Gasteiger partial charge on any atom is -0.489 e. The molecule has 0 amide bonds. The molecule has 3 aliphatic rings. The molecule has 0 aromatic heterocycles. The molecule has 3 heterocycles. The lowest BCUT2D eigenvalue weighted by Gasteiger charge is -2.10. The minimum absolute atomic E-state index is 0.705. The summed E-state index contributed by atoms with van der Waals surface area (Å²) in [6.07, 6.45) is 11.4. The van der Waals surface area contributed by atoms with Crippen LogP contribution >= 0.6 is 0 Å². The van der Waals surface area contributed by atoms with Gasteiger partial charge in [0.05, 0.1) is 11.4 Å². The average Bonchev–Trinajstić information content (AvgIpc) is 3.03. The third-order valence-electron chi connectivity index (χ3n) is 2.71. The van der Waals surface area contributed by atoms with E-state index in [1.54, 1.807) is 12.4 Å². The molecular formula is C15H12N2O. The van der Waals surface area contributed by atoms with Gasteiger partial charge >= 0.3 is 0 Å². The van der Waals surface area contributed by atoms with Gasteiger partial charge in [0.1, 0.15) is 12.4 Å². The van der Waals surface area contributed by atoms with Gasteiger partial charge < -0.3 is 4.74 Å². The first-order valence-corrected chi connectivity index (χ1v) is 5.81. The molecule has 0 N–H and O–H groups in total. The van der Waals surface area contributed by atoms with Crippen LogP contribution in [0.25, 0.3) is 6.08 Å². The molecule has 88 valence electrons. The summed E-state index contributed by atoms with van der Waals surface area (Å²) in [5.74, 6) is 0.991. The molecule has 1 aromatic carbocycles. The lowest BCUT2D eigenvalue weighted by molar-refractivity contribution is 0.358. The van der Waals surface area contributed by atoms with Crippen molar-refractivity contribution >= 4 is 18.5 Å². The molecule has 0 unspecified atom stereocenters. The van der Waals surface area contributed by atoms with E-state index in [-0.39, 0.29) is 0 Å². The number of fused-ring (bicyclic) bond motifs is 2. The van der Waals surface area contributed by atoms with E-state index in [0.29, 0.717) is 6.61 Å². The molecule has 0 bridgehead atoms. The first kappa shape index (κ1) is 10.7. The lowest BCUT2D eigenvalue weighted by Crippen LogP contribution is -1.98. The van der Waals surface area contributed by atoms with E-state index in [4.69, 9.17) is 4.74 Å². The number of aliphatic imine (C=N–C) groups is 2. The molecule has 18 heavy (non-hydrogen) atoms. The Morgan fingerprint density at radius 2 is 1.67 bits per heavy atom. The molecular weight excluding hydrogens is 224 g/mol. The number of para-hydroxylation sites is 1. The summed E-state index contributed by atoms with van der Waals surface area (Å²) >= 11 is 0. The molecule has 4 rings (SSSR count). The molecule has 0 saturated heterocycles. The van der Waals surface area contributed by atoms with E-state index >= 15 is 0 Å². The van der Waals surface area contributed by atoms with Crippen LogP contribution in [-0.4, -0.2) is 19.0 Å². The fourth-order valence-electron chi connectivity index (χ4n) is 1.83. The van der Waals surface area contributed by atoms with E-state index in [2.05, 4.69) is 16.1 Å². The number of nitrogens with zero attached hydrogens (tertiary/aromatic N) is 2. The Kier molecular flexibility index (Phi) is 2.88. The molecule has 0 radical (unpaired) electrons. The van der Waals surface area contributed by atoms with Crippen LogP contribution in [0, 0.1) is 0 Å². The maximum Gasteiger partial charge on any atom is 0.126 e. The molecule has 0 spiro atoms. The van der Waals surface area contributed by atoms with Crippen LogP contribution < -0.4 is 4.74 Å². The fraction of sp³-hybridized carbons (Fsp3) is 0.0667. The zero-order valence-corrected chi connectivity index (χ0v) is 9.78. The summed E-state index contributed by atoms with van der Waals surface area (Å²) < 4.78 is 5.34. The Balaban J connectivity index is 0.000000114. The smallest absolute Gasteiger partial charge is 0.126 e. The number of ether oxygens (including phenoxy) is 1. The van der Waals surface area contributed by atoms with Gasteiger partial charge in [-0.2, -0.15) is 0 Å². The Morgan fingerprint density at radius 1 is 0.944 bits per heavy atom. The molecule has 0 fully saturated rings. The second kappa shape index (κ2) is 4.84. The molecule has 0 aliphatic carbocycles. The third-order valence-corrected chi connectivity index (χ3v) is 2.71. The summed E-state index contributed by atoms with van der Waals surface area (Å²) in [5, 5.41) is 0. The van der Waals surface area contributed by atoms with Crippen LogP contribution in [0.2, 0.25) is 0 Å². The van der Waals surface area contributed by atoms with Gasteiger partial charge in [-0.25, -0.2) is 0 Å². The van der Waals surface area contributed by atoms with Crippen molar-refractivity contribution < 1.29 is 4.74 Å². The summed E-state index contributed by atoms with van der Waals surface area (Å²) in [5.41, 5.74) is 3.16. The van der Waals surface area contributed by atoms with Gasteiger partial charge in [-0.3, -0.25) is 9.98 Å². The highest BCUT2D eigenvalue weighted by Gasteiger charge is 2.07. The number of allylic oxidation sites excluding steroid dienone is 2. The van der Waals surface area contributed by atoms with Crippen LogP contribution in [0.4, 0.5) is 0 Å². The van der Waals surface area contributed by atoms with Gasteiger partial charge in [0.2, 0.25) is 0 Å². The first-order valence-electron chi connectivity index (χ1n) is 5.81. The van der Waals surface area contributed by atoms with Gasteiger partial charge in [-0.1, -0.05) is 24.3 Å². The van der Waals surface area contributed by atoms with Crippen molar-refractivity contribution in [1.29, 1.82) is 0 Å². The van der Waals surface area contributed by atoms with Crippen LogP contribution in [0.1, 0.15) is 5.56 Å². The largest absolute Gasteiger partial charge is 0.489 e. The zero-order chi connectivity index (χ0) is 12.2. The number of hydrogen-bond donors (Lipinski definition) is 0. The number of rotatable bonds is 0. The van der Waals surface area contributed by atoms with Crippen molar-refractivity contribution in [3.63, 3.8) is 0 Å². The Labute approximate surface area is 106 Å². The average molecular weight is 236 g/mol. The highest BCUT2D eigenvalue weighted by molar-refractivity contribution is 5.88. The van der Waals surface area contributed by atoms with E-state index in [1.165, 1.54) is 5.56 Å². The highest BCUT2D eigenvalue weighted by Crippen LogP contribution is 2.22. The number of hydrogen-bond acceptors (Lipinski definition) is 3. The van der Waals surface area contributed by atoms with Gasteiger partial charge in [0.15, 0.2) is 0 Å². The van der Waals surface area contributed by atoms with Crippen LogP contribution in [-0.2, 0) is 0 Å². The second-order valence-corrected chi connectivity index (χ2v) is 3.91. The summed E-state index contributed by atoms with van der Waals surface area (Å²) in [6, 6.07) is 8.03. The van der Waals surface area contributed by atoms with Gasteiger partial charge in [-0.05, 0) is 24.3 Å². The van der Waals surface area contributed by atoms with Crippen molar-refractivity contribution in [3.05, 3.63) is 59.5 Å². The van der Waals surface area contributed by atoms with Gasteiger partial charge in [-0.15, -0.1) is 0 Å². The van der Waals surface area contributed by atoms with Crippen LogP contribution in [0.15, 0.2) is 63.9 Å². The normalized spacial score (nSPS) is 17.1. The van der Waals surface area contributed by atoms with Crippen molar-refractivity contribution in [2.45, 2.75) is 0 Å². The Hall–Kier alpha value is -2.42. The number of benzene rings is 1. The zero-order valence-electron chi connectivity index (χ0n) is 9.78. The summed E-state index contributed by atoms with van der Waals surface area (Å²) in [7, 11) is 0. The summed E-state index contributed by atoms with van der Waals surface area (Å²) in [4.78, 5) is 8.03. The van der Waals surface area contributed by atoms with E-state index < -0.39 is 0 Å². The predicted octanol–water partition coefficient (Wildman–Crippen LogP) is 3.02. The van der Waals surface area contributed by atoms with Gasteiger partial charge in [0, 0.05) is 18.0 Å². The molecule has 0 atom stereocenters. The van der Waals surface area contributed by atoms with Gasteiger partial charge in [0.25, 0.3) is 0 Å². The van der Waals surface area contributed by atoms with Crippen LogP contribution in [0.5, 0.6) is 5.75 Å². The van der Waals surface area contributed by atoms with E-state index in [1.807, 2.05) is 42.5 Å². The van der Waals surface area contributed by atoms with E-state index in [0.717, 1.165) is 17.1 Å². The molecule has 0 saturated carbocycles. The van der Waals surface area contributed by atoms with Crippen molar-refractivity contribution in [1.82, 2.24) is 0 Å². The van der Waals surface area contributed by atoms with Crippen LogP contribution in [0.3, 0.4) is 0 Å². The first-order chi connectivity index (χ1) is 8.93. The molecule has 3 aliphatic heterocycles. The monoisotopic (exact) mass is 236 g/mol. The lowest BCUT2D eigenvalue weighted by atomic mass is 10.1. The minimum atomic E-state index is 0.705. The quantitative estimate of drug-likeness (QED) is 0.681. The Bertz CT molecular complexity index is 581. The van der Waals surface area contributed by atoms with Crippen molar-refractivity contribution in [3.8, 4) is 5.75 Å².